The maximum atomic E-state index is 13.2. The number of nitrogens with zero attached hydrogens (tertiary/aromatic N) is 1. The van der Waals surface area contributed by atoms with E-state index in [-0.39, 0.29) is 5.82 Å². The van der Waals surface area contributed by atoms with Crippen LogP contribution in [0.5, 0.6) is 0 Å². The van der Waals surface area contributed by atoms with Crippen LogP contribution in [0.1, 0.15) is 19.3 Å². The van der Waals surface area contributed by atoms with E-state index in [1.54, 1.807) is 12.1 Å². The maximum absolute atomic E-state index is 13.2. The lowest BCUT2D eigenvalue weighted by Gasteiger charge is -2.20. The van der Waals surface area contributed by atoms with E-state index in [1.807, 2.05) is 12.1 Å². The Bertz CT molecular complexity index is 852. The van der Waals surface area contributed by atoms with Crippen molar-refractivity contribution in [2.45, 2.75) is 19.3 Å². The van der Waals surface area contributed by atoms with Crippen LogP contribution in [0.25, 0.3) is 10.8 Å². The fourth-order valence-corrected chi connectivity index (χ4v) is 3.99. The third kappa shape index (κ3) is 4.84. The van der Waals surface area contributed by atoms with Gasteiger partial charge in [-0.15, -0.1) is 0 Å². The molecule has 2 aliphatic rings. The minimum absolute atomic E-state index is 0.157. The number of benzene rings is 2. The molecule has 2 aromatic carbocycles. The molecule has 1 saturated carbocycles. The van der Waals surface area contributed by atoms with Crippen LogP contribution in [-0.4, -0.2) is 35.2 Å². The Morgan fingerprint density at radius 2 is 1.48 bits per heavy atom. The quantitative estimate of drug-likeness (QED) is 0.800. The van der Waals surface area contributed by atoms with Crippen molar-refractivity contribution in [2.75, 3.05) is 18.0 Å². The van der Waals surface area contributed by atoms with Gasteiger partial charge in [-0.2, -0.15) is 0 Å². The zero-order valence-electron chi connectivity index (χ0n) is 14.8. The molecule has 0 amide bonds. The molecule has 0 bridgehead atoms. The van der Waals surface area contributed by atoms with Crippen LogP contribution in [0.2, 0.25) is 0 Å². The number of hydrogen-bond donors (Lipinski definition) is 2. The number of carboxylic acids is 2. The van der Waals surface area contributed by atoms with Crippen LogP contribution in [-0.2, 0) is 9.59 Å². The Morgan fingerprint density at radius 1 is 0.926 bits per heavy atom. The van der Waals surface area contributed by atoms with E-state index in [2.05, 4.69) is 17.0 Å². The fourth-order valence-electron chi connectivity index (χ4n) is 3.99. The Hall–Kier alpha value is -2.89. The van der Waals surface area contributed by atoms with E-state index < -0.39 is 11.9 Å². The number of anilines is 1. The first kappa shape index (κ1) is 18.9. The minimum Gasteiger partial charge on any atom is -0.478 e. The number of rotatable bonds is 3. The van der Waals surface area contributed by atoms with Gasteiger partial charge >= 0.3 is 11.9 Å². The van der Waals surface area contributed by atoms with Crippen molar-refractivity contribution in [1.29, 1.82) is 0 Å². The molecule has 0 radical (unpaired) electrons. The topological polar surface area (TPSA) is 77.8 Å². The van der Waals surface area contributed by atoms with Crippen molar-refractivity contribution in [3.05, 3.63) is 54.4 Å². The molecular weight excluding hydrogens is 349 g/mol. The SMILES string of the molecule is Fc1ccc2cc(N3CC4CCCC4C3)ccc2c1.O=C(O)/C=C\C(=O)O. The molecule has 27 heavy (non-hydrogen) atoms. The lowest BCUT2D eigenvalue weighted by molar-refractivity contribution is -0.134. The zero-order chi connectivity index (χ0) is 19.4. The Kier molecular flexibility index (Phi) is 5.74. The molecule has 5 nitrogen and oxygen atoms in total. The van der Waals surface area contributed by atoms with Gasteiger partial charge in [-0.1, -0.05) is 18.6 Å². The van der Waals surface area contributed by atoms with Gasteiger partial charge in [0.25, 0.3) is 0 Å². The molecule has 1 heterocycles. The molecule has 1 aliphatic heterocycles. The van der Waals surface area contributed by atoms with Crippen LogP contribution in [0.4, 0.5) is 10.1 Å². The van der Waals surface area contributed by atoms with Gasteiger partial charge in [0.05, 0.1) is 0 Å². The average Bonchev–Trinajstić information content (AvgIpc) is 3.22. The van der Waals surface area contributed by atoms with Crippen LogP contribution in [0, 0.1) is 17.7 Å². The summed E-state index contributed by atoms with van der Waals surface area (Å²) in [7, 11) is 0. The van der Waals surface area contributed by atoms with E-state index in [1.165, 1.54) is 38.0 Å². The van der Waals surface area contributed by atoms with Crippen molar-refractivity contribution in [3.8, 4) is 0 Å². The second-order valence-corrected chi connectivity index (χ2v) is 7.04. The van der Waals surface area contributed by atoms with Crippen LogP contribution in [0.15, 0.2) is 48.6 Å². The summed E-state index contributed by atoms with van der Waals surface area (Å²) in [6.45, 7) is 2.41. The van der Waals surface area contributed by atoms with Crippen LogP contribution >= 0.6 is 0 Å². The van der Waals surface area contributed by atoms with E-state index in [0.717, 1.165) is 22.6 Å². The highest BCUT2D eigenvalue weighted by molar-refractivity contribution is 5.89. The molecule has 2 N–H and O–H groups in total. The van der Waals surface area contributed by atoms with Gasteiger partial charge in [0.1, 0.15) is 5.82 Å². The molecule has 2 fully saturated rings. The molecule has 2 unspecified atom stereocenters. The van der Waals surface area contributed by atoms with Crippen LogP contribution < -0.4 is 4.90 Å². The summed E-state index contributed by atoms with van der Waals surface area (Å²) in [5.41, 5.74) is 1.30. The molecule has 2 aromatic rings. The van der Waals surface area contributed by atoms with Gasteiger partial charge in [-0.3, -0.25) is 0 Å². The van der Waals surface area contributed by atoms with Gasteiger partial charge in [-0.05, 0) is 59.7 Å². The first-order chi connectivity index (χ1) is 12.9. The molecule has 6 heteroatoms. The lowest BCUT2D eigenvalue weighted by atomic mass is 10.0. The van der Waals surface area contributed by atoms with Gasteiger partial charge < -0.3 is 15.1 Å². The van der Waals surface area contributed by atoms with Crippen molar-refractivity contribution in [2.24, 2.45) is 11.8 Å². The summed E-state index contributed by atoms with van der Waals surface area (Å²) >= 11 is 0. The number of aliphatic carboxylic acids is 2. The summed E-state index contributed by atoms with van der Waals surface area (Å²) in [5.74, 6) is -0.858. The zero-order valence-corrected chi connectivity index (χ0v) is 14.8. The normalized spacial score (nSPS) is 21.1. The van der Waals surface area contributed by atoms with Crippen molar-refractivity contribution < 1.29 is 24.2 Å². The predicted octanol–water partition coefficient (Wildman–Crippen LogP) is 3.93. The molecule has 1 saturated heterocycles. The van der Waals surface area contributed by atoms with E-state index in [0.29, 0.717) is 12.2 Å². The molecular formula is C21H22FNO4. The number of halogens is 1. The highest BCUT2D eigenvalue weighted by Crippen LogP contribution is 2.40. The lowest BCUT2D eigenvalue weighted by Crippen LogP contribution is -2.20. The average molecular weight is 371 g/mol. The van der Waals surface area contributed by atoms with Gasteiger partial charge in [0.15, 0.2) is 0 Å². The molecule has 1 aliphatic carbocycles. The third-order valence-electron chi connectivity index (χ3n) is 5.25. The number of hydrogen-bond acceptors (Lipinski definition) is 3. The Balaban J connectivity index is 0.000000226. The fraction of sp³-hybridized carbons (Fsp3) is 0.333. The Morgan fingerprint density at radius 3 is 2.07 bits per heavy atom. The standard InChI is InChI=1S/C17H18FN.C4H4O4/c18-16-6-4-13-9-17(7-5-12(13)8-16)19-10-14-2-1-3-15(14)11-19;5-3(6)1-2-4(7)8/h4-9,14-15H,1-3,10-11H2;1-2H,(H,5,6)(H,7,8)/b;2-1-. The van der Waals surface area contributed by atoms with Crippen molar-refractivity contribution >= 4 is 28.4 Å². The number of fused-ring (bicyclic) bond motifs is 2. The first-order valence-electron chi connectivity index (χ1n) is 9.00. The van der Waals surface area contributed by atoms with Crippen LogP contribution in [0.3, 0.4) is 0 Å². The monoisotopic (exact) mass is 371 g/mol. The van der Waals surface area contributed by atoms with Crippen molar-refractivity contribution in [3.63, 3.8) is 0 Å². The summed E-state index contributed by atoms with van der Waals surface area (Å²) in [6.07, 6.45) is 5.34. The third-order valence-corrected chi connectivity index (χ3v) is 5.25. The number of carboxylic acid groups (broad SMARTS) is 2. The van der Waals surface area contributed by atoms with Gasteiger partial charge in [0.2, 0.25) is 0 Å². The van der Waals surface area contributed by atoms with Crippen molar-refractivity contribution in [1.82, 2.24) is 0 Å². The molecule has 0 aromatic heterocycles. The maximum Gasteiger partial charge on any atom is 0.328 e. The molecule has 142 valence electrons. The molecule has 2 atom stereocenters. The van der Waals surface area contributed by atoms with Gasteiger partial charge in [0, 0.05) is 30.9 Å². The molecule has 4 rings (SSSR count). The summed E-state index contributed by atoms with van der Waals surface area (Å²) < 4.78 is 13.2. The summed E-state index contributed by atoms with van der Waals surface area (Å²) in [4.78, 5) is 21.6. The van der Waals surface area contributed by atoms with E-state index in [4.69, 9.17) is 10.2 Å². The molecule has 0 spiro atoms. The second-order valence-electron chi connectivity index (χ2n) is 7.04. The summed E-state index contributed by atoms with van der Waals surface area (Å²) in [5, 5.41) is 17.7. The minimum atomic E-state index is -1.26. The highest BCUT2D eigenvalue weighted by Gasteiger charge is 2.35. The second kappa shape index (κ2) is 8.20. The highest BCUT2D eigenvalue weighted by atomic mass is 19.1. The predicted molar refractivity (Wildman–Crippen MR) is 101 cm³/mol. The smallest absolute Gasteiger partial charge is 0.328 e. The van der Waals surface area contributed by atoms with E-state index >= 15 is 0 Å². The Labute approximate surface area is 156 Å². The largest absolute Gasteiger partial charge is 0.478 e. The first-order valence-corrected chi connectivity index (χ1v) is 9.00. The summed E-state index contributed by atoms with van der Waals surface area (Å²) in [6, 6.07) is 11.4. The van der Waals surface area contributed by atoms with Gasteiger partial charge in [-0.25, -0.2) is 14.0 Å². The van der Waals surface area contributed by atoms with E-state index in [9.17, 15) is 14.0 Å². The number of carbonyl (C=O) groups is 2.